The van der Waals surface area contributed by atoms with E-state index in [1.165, 1.54) is 29.3 Å². The van der Waals surface area contributed by atoms with Crippen molar-refractivity contribution in [3.63, 3.8) is 0 Å². The molecule has 5 rings (SSSR count). The lowest BCUT2D eigenvalue weighted by Crippen LogP contribution is -2.27. The summed E-state index contributed by atoms with van der Waals surface area (Å²) in [7, 11) is 0. The van der Waals surface area contributed by atoms with Crippen LogP contribution in [-0.4, -0.2) is 34.2 Å². The Morgan fingerprint density at radius 2 is 1.81 bits per heavy atom. The monoisotopic (exact) mass is 414 g/mol. The molecule has 2 heterocycles. The second-order valence-corrected chi connectivity index (χ2v) is 8.00. The number of rotatable bonds is 4. The molecule has 0 radical (unpaired) electrons. The van der Waals surface area contributed by atoms with E-state index in [0.29, 0.717) is 11.7 Å². The maximum atomic E-state index is 13.9. The van der Waals surface area contributed by atoms with Crippen LogP contribution in [0.3, 0.4) is 0 Å². The molecule has 2 atom stereocenters. The molecular formula is C25H23FN4O. The van der Waals surface area contributed by atoms with Gasteiger partial charge in [-0.15, -0.1) is 0 Å². The number of phenolic OH excluding ortho intramolecular Hbond substituents is 1. The summed E-state index contributed by atoms with van der Waals surface area (Å²) in [4.78, 5) is 9.28. The molecule has 1 aliphatic heterocycles. The van der Waals surface area contributed by atoms with Gasteiger partial charge >= 0.3 is 0 Å². The molecule has 156 valence electrons. The van der Waals surface area contributed by atoms with Crippen molar-refractivity contribution in [3.8, 4) is 17.1 Å². The molecule has 31 heavy (non-hydrogen) atoms. The van der Waals surface area contributed by atoms with Crippen molar-refractivity contribution >= 4 is 16.7 Å². The van der Waals surface area contributed by atoms with Gasteiger partial charge < -0.3 is 15.7 Å². The Balaban J connectivity index is 1.56. The van der Waals surface area contributed by atoms with E-state index in [4.69, 9.17) is 4.98 Å². The van der Waals surface area contributed by atoms with Crippen molar-refractivity contribution in [3.05, 3.63) is 83.7 Å². The smallest absolute Gasteiger partial charge is 0.165 e. The number of hydrogen-bond donors (Lipinski definition) is 3. The predicted octanol–water partition coefficient (Wildman–Crippen LogP) is 4.62. The van der Waals surface area contributed by atoms with Gasteiger partial charge in [-0.2, -0.15) is 0 Å². The SMILES string of the molecule is Cc1ccc([C@@H]2CNCC2Nc2nc(-c3cc(F)ccc3O)nc3ccccc23)cc1. The minimum atomic E-state index is -0.446. The molecule has 0 aliphatic carbocycles. The predicted molar refractivity (Wildman–Crippen MR) is 121 cm³/mol. The second kappa shape index (κ2) is 7.96. The van der Waals surface area contributed by atoms with E-state index in [1.54, 1.807) is 0 Å². The fourth-order valence-corrected chi connectivity index (χ4v) is 4.16. The first-order valence-electron chi connectivity index (χ1n) is 10.4. The van der Waals surface area contributed by atoms with Gasteiger partial charge in [-0.25, -0.2) is 14.4 Å². The number of phenols is 1. The number of halogens is 1. The summed E-state index contributed by atoms with van der Waals surface area (Å²) in [6, 6.07) is 20.3. The maximum Gasteiger partial charge on any atom is 0.165 e. The number of hydrogen-bond acceptors (Lipinski definition) is 5. The molecule has 3 aromatic carbocycles. The first kappa shape index (κ1) is 19.5. The summed E-state index contributed by atoms with van der Waals surface area (Å²) in [6.45, 7) is 3.77. The van der Waals surface area contributed by atoms with Gasteiger partial charge in [-0.05, 0) is 42.8 Å². The van der Waals surface area contributed by atoms with Crippen molar-refractivity contribution in [2.75, 3.05) is 18.4 Å². The Morgan fingerprint density at radius 3 is 2.65 bits per heavy atom. The van der Waals surface area contributed by atoms with E-state index in [9.17, 15) is 9.50 Å². The average Bonchev–Trinajstić information content (AvgIpc) is 3.24. The fourth-order valence-electron chi connectivity index (χ4n) is 4.16. The van der Waals surface area contributed by atoms with Crippen LogP contribution in [0.1, 0.15) is 17.0 Å². The van der Waals surface area contributed by atoms with Crippen LogP contribution in [-0.2, 0) is 0 Å². The molecule has 1 unspecified atom stereocenters. The third-order valence-corrected chi connectivity index (χ3v) is 5.84. The Bertz CT molecular complexity index is 1240. The van der Waals surface area contributed by atoms with Crippen LogP contribution in [0.4, 0.5) is 10.2 Å². The zero-order valence-corrected chi connectivity index (χ0v) is 17.1. The minimum Gasteiger partial charge on any atom is -0.507 e. The van der Waals surface area contributed by atoms with E-state index in [2.05, 4.69) is 46.8 Å². The zero-order valence-electron chi connectivity index (χ0n) is 17.1. The van der Waals surface area contributed by atoms with Gasteiger partial charge in [0.15, 0.2) is 5.82 Å². The normalized spacial score (nSPS) is 18.4. The minimum absolute atomic E-state index is 0.0531. The van der Waals surface area contributed by atoms with Crippen LogP contribution in [0.25, 0.3) is 22.3 Å². The number of fused-ring (bicyclic) bond motifs is 1. The second-order valence-electron chi connectivity index (χ2n) is 8.00. The number of aromatic nitrogens is 2. The van der Waals surface area contributed by atoms with Crippen LogP contribution in [0, 0.1) is 12.7 Å². The van der Waals surface area contributed by atoms with Crippen molar-refractivity contribution < 1.29 is 9.50 Å². The number of anilines is 1. The molecule has 1 aromatic heterocycles. The van der Waals surface area contributed by atoms with E-state index in [1.807, 2.05) is 24.3 Å². The van der Waals surface area contributed by atoms with Crippen LogP contribution in [0.15, 0.2) is 66.7 Å². The highest BCUT2D eigenvalue weighted by Gasteiger charge is 2.29. The lowest BCUT2D eigenvalue weighted by atomic mass is 9.93. The van der Waals surface area contributed by atoms with Gasteiger partial charge in [0.1, 0.15) is 17.4 Å². The van der Waals surface area contributed by atoms with E-state index in [-0.39, 0.29) is 23.2 Å². The molecule has 1 aliphatic rings. The Kier molecular flexibility index (Phi) is 5.00. The number of para-hydroxylation sites is 1. The summed E-state index contributed by atoms with van der Waals surface area (Å²) in [5, 5.41) is 18.2. The van der Waals surface area contributed by atoms with E-state index >= 15 is 0 Å². The first-order chi connectivity index (χ1) is 15.1. The van der Waals surface area contributed by atoms with Crippen molar-refractivity contribution in [1.82, 2.24) is 15.3 Å². The summed E-state index contributed by atoms with van der Waals surface area (Å²) >= 11 is 0. The van der Waals surface area contributed by atoms with Gasteiger partial charge in [0.2, 0.25) is 0 Å². The zero-order chi connectivity index (χ0) is 21.4. The van der Waals surface area contributed by atoms with Crippen molar-refractivity contribution in [2.24, 2.45) is 0 Å². The molecule has 1 fully saturated rings. The standard InChI is InChI=1S/C25H23FN4O/c1-15-6-8-16(9-7-15)20-13-27-14-22(20)29-24-18-4-2-3-5-21(18)28-25(30-24)19-12-17(26)10-11-23(19)31/h2-12,20,22,27,31H,13-14H2,1H3,(H,28,29,30)/t20-,22?/m0/s1. The summed E-state index contributed by atoms with van der Waals surface area (Å²) in [5.74, 6) is 0.757. The molecule has 4 aromatic rings. The van der Waals surface area contributed by atoms with Crippen LogP contribution >= 0.6 is 0 Å². The van der Waals surface area contributed by atoms with Gasteiger partial charge in [0.25, 0.3) is 0 Å². The average molecular weight is 414 g/mol. The van der Waals surface area contributed by atoms with Crippen molar-refractivity contribution in [2.45, 2.75) is 18.9 Å². The summed E-state index contributed by atoms with van der Waals surface area (Å²) in [6.07, 6.45) is 0. The molecule has 3 N–H and O–H groups in total. The van der Waals surface area contributed by atoms with Gasteiger partial charge in [-0.1, -0.05) is 42.0 Å². The molecule has 5 nitrogen and oxygen atoms in total. The Labute approximate surface area is 180 Å². The van der Waals surface area contributed by atoms with Gasteiger partial charge in [0.05, 0.1) is 11.1 Å². The lowest BCUT2D eigenvalue weighted by molar-refractivity contribution is 0.475. The number of aromatic hydroxyl groups is 1. The van der Waals surface area contributed by atoms with Gasteiger partial charge in [-0.3, -0.25) is 0 Å². The number of aryl methyl sites for hydroxylation is 1. The van der Waals surface area contributed by atoms with E-state index < -0.39 is 5.82 Å². The van der Waals surface area contributed by atoms with E-state index in [0.717, 1.165) is 24.0 Å². The maximum absolute atomic E-state index is 13.9. The highest BCUT2D eigenvalue weighted by molar-refractivity contribution is 5.91. The molecule has 1 saturated heterocycles. The number of nitrogens with zero attached hydrogens (tertiary/aromatic N) is 2. The molecule has 6 heteroatoms. The largest absolute Gasteiger partial charge is 0.507 e. The lowest BCUT2D eigenvalue weighted by Gasteiger charge is -2.22. The van der Waals surface area contributed by atoms with Crippen LogP contribution < -0.4 is 10.6 Å². The fraction of sp³-hybridized carbons (Fsp3) is 0.200. The highest BCUT2D eigenvalue weighted by Crippen LogP contribution is 2.32. The Morgan fingerprint density at radius 1 is 1.00 bits per heavy atom. The molecule has 0 amide bonds. The summed E-state index contributed by atoms with van der Waals surface area (Å²) < 4.78 is 13.9. The molecule has 0 saturated carbocycles. The van der Waals surface area contributed by atoms with Crippen LogP contribution in [0.5, 0.6) is 5.75 Å². The highest BCUT2D eigenvalue weighted by atomic mass is 19.1. The number of benzene rings is 3. The first-order valence-corrected chi connectivity index (χ1v) is 10.4. The van der Waals surface area contributed by atoms with Gasteiger partial charge in [0, 0.05) is 30.4 Å². The quantitative estimate of drug-likeness (QED) is 0.455. The molecule has 0 spiro atoms. The Hall–Kier alpha value is -3.51. The topological polar surface area (TPSA) is 70.1 Å². The van der Waals surface area contributed by atoms with Crippen LogP contribution in [0.2, 0.25) is 0 Å². The van der Waals surface area contributed by atoms with Crippen molar-refractivity contribution in [1.29, 1.82) is 0 Å². The number of nitrogens with one attached hydrogen (secondary N) is 2. The third-order valence-electron chi connectivity index (χ3n) is 5.84. The molecular weight excluding hydrogens is 391 g/mol. The molecule has 0 bridgehead atoms. The third kappa shape index (κ3) is 3.82. The summed E-state index contributed by atoms with van der Waals surface area (Å²) in [5.41, 5.74) is 3.51.